The Morgan fingerprint density at radius 3 is 1.06 bits per heavy atom. The van der Waals surface area contributed by atoms with Gasteiger partial charge in [-0.05, 0) is 31.4 Å². The minimum Gasteiger partial charge on any atom is -0.503 e. The van der Waals surface area contributed by atoms with Gasteiger partial charge in [0.25, 0.3) is 0 Å². The van der Waals surface area contributed by atoms with Crippen LogP contribution in [0.3, 0.4) is 0 Å². The fourth-order valence-corrected chi connectivity index (χ4v) is 9.90. The number of nitrogens with one attached hydrogen (secondary N) is 3. The van der Waals surface area contributed by atoms with E-state index in [2.05, 4.69) is 16.0 Å². The molecule has 4 aromatic rings. The quantitative estimate of drug-likeness (QED) is 0.0510. The molecule has 10 N–H and O–H groups in total. The fourth-order valence-electron chi connectivity index (χ4n) is 9.90. The number of carbonyl (C=O) groups is 4. The van der Waals surface area contributed by atoms with Crippen molar-refractivity contribution in [3.63, 3.8) is 0 Å². The third-order valence-electron chi connectivity index (χ3n) is 12.2. The van der Waals surface area contributed by atoms with Gasteiger partial charge in [0, 0.05) is 83.4 Å². The number of aromatic hydroxyl groups is 3. The standard InChI is InChI=1S/C44H57N7O17/c1-7-41(45-37(58)59,34-31(55)28(52)15-18-48(34)21-24-66-4)44(51(40(64)65)27-13-11-10-12-14-27,42(8-2,46-38(60)61)35-32(56)29(53)16-19-49(35)22-25-67-5)43(9-3,47-39(62)63)36-33(57)30(54)17-20-50(36)23-26-68-6/h10-20,45-47,55-57H,7-9,21-26H2,1-6H3,(H,58,59)(H,60,61)(H,62,63)(H,64,65). The van der Waals surface area contributed by atoms with Crippen LogP contribution in [0.4, 0.5) is 24.9 Å². The predicted molar refractivity (Wildman–Crippen MR) is 242 cm³/mol. The second kappa shape index (κ2) is 21.8. The number of benzene rings is 1. The molecule has 3 heterocycles. The van der Waals surface area contributed by atoms with Crippen molar-refractivity contribution in [2.45, 2.75) is 81.8 Å². The molecule has 3 aromatic heterocycles. The van der Waals surface area contributed by atoms with Crippen molar-refractivity contribution < 1.29 is 69.1 Å². The van der Waals surface area contributed by atoms with E-state index in [-0.39, 0.29) is 19.8 Å². The van der Waals surface area contributed by atoms with Gasteiger partial charge in [-0.25, -0.2) is 19.2 Å². The Labute approximate surface area is 388 Å². The van der Waals surface area contributed by atoms with Gasteiger partial charge < -0.3 is 79.6 Å². The number of rotatable bonds is 23. The first-order valence-electron chi connectivity index (χ1n) is 21.1. The number of hydrogen-bond acceptors (Lipinski definition) is 13. The molecule has 24 heteroatoms. The second-order valence-corrected chi connectivity index (χ2v) is 15.4. The summed E-state index contributed by atoms with van der Waals surface area (Å²) in [5.41, 5.74) is -20.1. The Morgan fingerprint density at radius 1 is 0.529 bits per heavy atom. The number of amides is 4. The highest BCUT2D eigenvalue weighted by molar-refractivity contribution is 5.91. The number of hydrogen-bond donors (Lipinski definition) is 10. The number of methoxy groups -OCH3 is 3. The first kappa shape index (κ1) is 53.0. The molecule has 0 saturated heterocycles. The van der Waals surface area contributed by atoms with Crippen LogP contribution in [0.25, 0.3) is 0 Å². The minimum atomic E-state index is -3.67. The van der Waals surface area contributed by atoms with Crippen molar-refractivity contribution in [1.82, 2.24) is 29.7 Å². The highest BCUT2D eigenvalue weighted by Crippen LogP contribution is 2.64. The van der Waals surface area contributed by atoms with Gasteiger partial charge in [0.1, 0.15) is 22.2 Å². The lowest BCUT2D eigenvalue weighted by molar-refractivity contribution is -0.0517. The van der Waals surface area contributed by atoms with E-state index in [9.17, 15) is 64.5 Å². The van der Waals surface area contributed by atoms with E-state index in [4.69, 9.17) is 14.2 Å². The molecule has 3 unspecified atom stereocenters. The first-order valence-corrected chi connectivity index (χ1v) is 21.1. The Hall–Kier alpha value is -7.57. The average Bonchev–Trinajstić information content (AvgIpc) is 3.29. The van der Waals surface area contributed by atoms with Crippen molar-refractivity contribution in [2.75, 3.05) is 46.0 Å². The van der Waals surface area contributed by atoms with Gasteiger partial charge in [-0.2, -0.15) is 0 Å². The van der Waals surface area contributed by atoms with Crippen LogP contribution >= 0.6 is 0 Å². The van der Waals surface area contributed by atoms with Gasteiger partial charge in [0.15, 0.2) is 17.2 Å². The highest BCUT2D eigenvalue weighted by atomic mass is 16.5. The molecule has 68 heavy (non-hydrogen) atoms. The van der Waals surface area contributed by atoms with Crippen LogP contribution in [0.5, 0.6) is 17.2 Å². The van der Waals surface area contributed by atoms with Crippen LogP contribution in [0.1, 0.15) is 57.1 Å². The number of nitrogens with zero attached hydrogens (tertiary/aromatic N) is 4. The summed E-state index contributed by atoms with van der Waals surface area (Å²) in [5, 5.41) is 90.7. The molecule has 0 aliphatic carbocycles. The third-order valence-corrected chi connectivity index (χ3v) is 12.2. The maximum absolute atomic E-state index is 15.2. The summed E-state index contributed by atoms with van der Waals surface area (Å²) >= 11 is 0. The van der Waals surface area contributed by atoms with Crippen LogP contribution < -0.4 is 37.1 Å². The Morgan fingerprint density at radius 2 is 0.824 bits per heavy atom. The molecular weight excluding hydrogens is 899 g/mol. The zero-order valence-electron chi connectivity index (χ0n) is 38.2. The van der Waals surface area contributed by atoms with E-state index in [1.54, 1.807) is 0 Å². The lowest BCUT2D eigenvalue weighted by atomic mass is 9.48. The molecule has 3 atom stereocenters. The maximum Gasteiger partial charge on any atom is 0.412 e. The molecule has 0 spiro atoms. The summed E-state index contributed by atoms with van der Waals surface area (Å²) in [6, 6.07) is 9.07. The smallest absolute Gasteiger partial charge is 0.412 e. The summed E-state index contributed by atoms with van der Waals surface area (Å²) in [6.45, 7) is 1.75. The Balaban J connectivity index is 2.91. The SMILES string of the molecule is CCC(NC(=O)O)(c1c(O)c(=O)ccn1CCOC)C(N(C(=O)O)c1ccccc1)(C(CC)(NC(=O)O)c1c(O)c(=O)ccn1CCOC)C(CC)(NC(=O)O)c1c(O)c(=O)ccn1CCOC. The summed E-state index contributed by atoms with van der Waals surface area (Å²) in [5.74, 6) is -3.86. The normalized spacial score (nSPS) is 14.9. The number of pyridine rings is 3. The van der Waals surface area contributed by atoms with E-state index in [0.29, 0.717) is 4.90 Å². The molecule has 4 amide bonds. The molecule has 0 aliphatic rings. The predicted octanol–water partition coefficient (Wildman–Crippen LogP) is 3.17. The van der Waals surface area contributed by atoms with Crippen LogP contribution in [0.2, 0.25) is 0 Å². The molecule has 24 nitrogen and oxygen atoms in total. The summed E-state index contributed by atoms with van der Waals surface area (Å²) in [7, 11) is 3.84. The zero-order valence-corrected chi connectivity index (χ0v) is 38.2. The van der Waals surface area contributed by atoms with Crippen molar-refractivity contribution in [2.24, 2.45) is 0 Å². The maximum atomic E-state index is 15.2. The van der Waals surface area contributed by atoms with Gasteiger partial charge in [-0.1, -0.05) is 39.0 Å². The van der Waals surface area contributed by atoms with E-state index < -0.39 is 142 Å². The van der Waals surface area contributed by atoms with Crippen LogP contribution in [0, 0.1) is 0 Å². The fraction of sp³-hybridized carbons (Fsp3) is 0.432. The molecule has 0 fully saturated rings. The number of anilines is 1. The molecule has 370 valence electrons. The molecule has 0 aliphatic heterocycles. The zero-order chi connectivity index (χ0) is 50.8. The van der Waals surface area contributed by atoms with Gasteiger partial charge in [-0.15, -0.1) is 0 Å². The largest absolute Gasteiger partial charge is 0.503 e. The summed E-state index contributed by atoms with van der Waals surface area (Å²) in [4.78, 5) is 100.0. The summed E-state index contributed by atoms with van der Waals surface area (Å²) in [6.07, 6.45) is -7.81. The first-order chi connectivity index (χ1) is 32.2. The van der Waals surface area contributed by atoms with E-state index in [0.717, 1.165) is 50.5 Å². The van der Waals surface area contributed by atoms with Gasteiger partial charge in [-0.3, -0.25) is 19.3 Å². The summed E-state index contributed by atoms with van der Waals surface area (Å²) < 4.78 is 19.3. The molecular formula is C44H57N7O17. The van der Waals surface area contributed by atoms with E-state index >= 15 is 4.79 Å². The van der Waals surface area contributed by atoms with Gasteiger partial charge in [0.2, 0.25) is 16.3 Å². The van der Waals surface area contributed by atoms with Crippen molar-refractivity contribution in [3.05, 3.63) is 115 Å². The van der Waals surface area contributed by atoms with E-state index in [1.165, 1.54) is 72.4 Å². The molecule has 4 rings (SSSR count). The topological polar surface area (TPSA) is 343 Å². The second-order valence-electron chi connectivity index (χ2n) is 15.4. The van der Waals surface area contributed by atoms with Crippen molar-refractivity contribution in [1.29, 1.82) is 0 Å². The average molecular weight is 956 g/mol. The number of aromatic nitrogens is 3. The van der Waals surface area contributed by atoms with Crippen LogP contribution in [-0.4, -0.2) is 121 Å². The van der Waals surface area contributed by atoms with Crippen molar-refractivity contribution >= 4 is 30.1 Å². The van der Waals surface area contributed by atoms with Crippen molar-refractivity contribution in [3.8, 4) is 17.2 Å². The monoisotopic (exact) mass is 955 g/mol. The Bertz CT molecular complexity index is 2410. The highest BCUT2D eigenvalue weighted by Gasteiger charge is 2.80. The molecule has 0 bridgehead atoms. The Kier molecular flexibility index (Phi) is 17.0. The molecule has 1 aromatic carbocycles. The number of para-hydroxylation sites is 1. The molecule has 0 radical (unpaired) electrons. The van der Waals surface area contributed by atoms with Gasteiger partial charge in [0.05, 0.1) is 36.9 Å². The third kappa shape index (κ3) is 8.99. The lowest BCUT2D eigenvalue weighted by Gasteiger charge is -2.69. The van der Waals surface area contributed by atoms with E-state index in [1.807, 2.05) is 0 Å². The minimum absolute atomic E-state index is 0.263. The molecule has 0 saturated carbocycles. The van der Waals surface area contributed by atoms with Crippen LogP contribution in [0.15, 0.2) is 81.5 Å². The lowest BCUT2D eigenvalue weighted by Crippen LogP contribution is -2.90. The van der Waals surface area contributed by atoms with Gasteiger partial charge >= 0.3 is 24.4 Å². The number of carboxylic acid groups (broad SMARTS) is 4. The number of ether oxygens (including phenoxy) is 3. The van der Waals surface area contributed by atoms with Crippen LogP contribution in [-0.2, 0) is 50.5 Å².